The molecule has 0 fully saturated rings. The van der Waals surface area contributed by atoms with Crippen LogP contribution in [0.5, 0.6) is 5.75 Å². The van der Waals surface area contributed by atoms with Crippen LogP contribution < -0.4 is 10.5 Å². The lowest BCUT2D eigenvalue weighted by molar-refractivity contribution is 0.414. The number of ether oxygens (including phenoxy) is 1. The SMILES string of the molecule is COc1ccc(Cn2c(Br)c(C#N)c3c(N)ncnc32)cc1. The van der Waals surface area contributed by atoms with Crippen LogP contribution in [0.15, 0.2) is 35.2 Å². The van der Waals surface area contributed by atoms with Gasteiger partial charge in [0.05, 0.1) is 24.6 Å². The normalized spacial score (nSPS) is 10.6. The van der Waals surface area contributed by atoms with Gasteiger partial charge in [-0.3, -0.25) is 0 Å². The number of nitrogens with zero attached hydrogens (tertiary/aromatic N) is 4. The maximum atomic E-state index is 9.37. The predicted molar refractivity (Wildman–Crippen MR) is 86.5 cm³/mol. The second kappa shape index (κ2) is 5.66. The average molecular weight is 358 g/mol. The molecule has 0 saturated heterocycles. The van der Waals surface area contributed by atoms with Crippen LogP contribution in [0, 0.1) is 11.3 Å². The summed E-state index contributed by atoms with van der Waals surface area (Å²) in [4.78, 5) is 8.23. The topological polar surface area (TPSA) is 89.8 Å². The Morgan fingerprint density at radius 3 is 2.68 bits per heavy atom. The third kappa shape index (κ3) is 2.27. The summed E-state index contributed by atoms with van der Waals surface area (Å²) in [5, 5.41) is 9.94. The lowest BCUT2D eigenvalue weighted by atomic mass is 10.2. The number of fused-ring (bicyclic) bond motifs is 1. The summed E-state index contributed by atoms with van der Waals surface area (Å²) in [5.41, 5.74) is 8.03. The van der Waals surface area contributed by atoms with Crippen molar-refractivity contribution in [2.45, 2.75) is 6.54 Å². The van der Waals surface area contributed by atoms with Gasteiger partial charge in [0.25, 0.3) is 0 Å². The Hall–Kier alpha value is -2.59. The maximum Gasteiger partial charge on any atom is 0.148 e. The number of benzene rings is 1. The molecule has 7 heteroatoms. The summed E-state index contributed by atoms with van der Waals surface area (Å²) in [5.74, 6) is 1.10. The molecule has 3 aromatic rings. The molecule has 2 N–H and O–H groups in total. The van der Waals surface area contributed by atoms with Crippen LogP contribution in [0.3, 0.4) is 0 Å². The first-order valence-corrected chi connectivity index (χ1v) is 7.26. The number of aromatic nitrogens is 3. The van der Waals surface area contributed by atoms with Gasteiger partial charge in [0, 0.05) is 0 Å². The highest BCUT2D eigenvalue weighted by Crippen LogP contribution is 2.32. The standard InChI is InChI=1S/C15H12BrN5O/c1-22-10-4-2-9(3-5-10)7-21-13(16)11(6-17)12-14(18)19-8-20-15(12)21/h2-5,8H,7H2,1H3,(H2,18,19,20). The Balaban J connectivity index is 2.12. The molecule has 0 atom stereocenters. The number of rotatable bonds is 3. The fourth-order valence-corrected chi connectivity index (χ4v) is 2.91. The van der Waals surface area contributed by atoms with Gasteiger partial charge < -0.3 is 15.0 Å². The Bertz CT molecular complexity index is 880. The van der Waals surface area contributed by atoms with Gasteiger partial charge >= 0.3 is 0 Å². The zero-order valence-electron chi connectivity index (χ0n) is 11.7. The summed E-state index contributed by atoms with van der Waals surface area (Å²) >= 11 is 3.47. The van der Waals surface area contributed by atoms with E-state index in [9.17, 15) is 5.26 Å². The molecular formula is C15H12BrN5O. The van der Waals surface area contributed by atoms with E-state index in [1.807, 2.05) is 28.8 Å². The molecule has 0 radical (unpaired) electrons. The highest BCUT2D eigenvalue weighted by atomic mass is 79.9. The molecule has 110 valence electrons. The molecule has 6 nitrogen and oxygen atoms in total. The third-order valence-corrected chi connectivity index (χ3v) is 4.24. The Kier molecular flexibility index (Phi) is 3.69. The fourth-order valence-electron chi connectivity index (χ4n) is 2.32. The first kappa shape index (κ1) is 14.4. The van der Waals surface area contributed by atoms with Gasteiger partial charge in [0.15, 0.2) is 0 Å². The Labute approximate surface area is 135 Å². The van der Waals surface area contributed by atoms with Crippen LogP contribution in [0.1, 0.15) is 11.1 Å². The lowest BCUT2D eigenvalue weighted by Crippen LogP contribution is -2.02. The van der Waals surface area contributed by atoms with Gasteiger partial charge in [0.1, 0.15) is 34.2 Å². The van der Waals surface area contributed by atoms with Gasteiger partial charge in [-0.25, -0.2) is 9.97 Å². The van der Waals surface area contributed by atoms with E-state index in [0.29, 0.717) is 33.6 Å². The molecule has 0 saturated carbocycles. The van der Waals surface area contributed by atoms with Crippen molar-refractivity contribution in [1.82, 2.24) is 14.5 Å². The molecule has 0 aliphatic rings. The number of hydrogen-bond donors (Lipinski definition) is 1. The van der Waals surface area contributed by atoms with Crippen LogP contribution in [0.4, 0.5) is 5.82 Å². The summed E-state index contributed by atoms with van der Waals surface area (Å²) in [6.45, 7) is 0.555. The van der Waals surface area contributed by atoms with Crippen molar-refractivity contribution >= 4 is 32.8 Å². The second-order valence-corrected chi connectivity index (χ2v) is 5.42. The molecule has 0 unspecified atom stereocenters. The van der Waals surface area contributed by atoms with E-state index in [4.69, 9.17) is 10.5 Å². The van der Waals surface area contributed by atoms with Crippen molar-refractivity contribution in [3.63, 3.8) is 0 Å². The molecule has 22 heavy (non-hydrogen) atoms. The smallest absolute Gasteiger partial charge is 0.148 e. The highest BCUT2D eigenvalue weighted by molar-refractivity contribution is 9.10. The molecule has 0 aliphatic heterocycles. The largest absolute Gasteiger partial charge is 0.497 e. The van der Waals surface area contributed by atoms with Crippen LogP contribution >= 0.6 is 15.9 Å². The Morgan fingerprint density at radius 1 is 1.32 bits per heavy atom. The first-order chi connectivity index (χ1) is 10.7. The number of methoxy groups -OCH3 is 1. The lowest BCUT2D eigenvalue weighted by Gasteiger charge is -2.07. The van der Waals surface area contributed by atoms with E-state index in [1.54, 1.807) is 7.11 Å². The minimum absolute atomic E-state index is 0.302. The fraction of sp³-hybridized carbons (Fsp3) is 0.133. The van der Waals surface area contributed by atoms with Crippen molar-refractivity contribution in [3.05, 3.63) is 46.3 Å². The Morgan fingerprint density at radius 2 is 2.05 bits per heavy atom. The number of nitrogens with two attached hydrogens (primary N) is 1. The zero-order valence-corrected chi connectivity index (χ0v) is 13.3. The molecular weight excluding hydrogens is 346 g/mol. The zero-order chi connectivity index (χ0) is 15.7. The number of hydrogen-bond acceptors (Lipinski definition) is 5. The summed E-state index contributed by atoms with van der Waals surface area (Å²) in [6.07, 6.45) is 1.40. The van der Waals surface area contributed by atoms with Gasteiger partial charge in [-0.2, -0.15) is 5.26 Å². The summed E-state index contributed by atoms with van der Waals surface area (Å²) in [7, 11) is 1.63. The monoisotopic (exact) mass is 357 g/mol. The predicted octanol–water partition coefficient (Wildman–Crippen LogP) is 2.70. The van der Waals surface area contributed by atoms with Crippen molar-refractivity contribution in [2.24, 2.45) is 0 Å². The minimum atomic E-state index is 0.302. The molecule has 0 aliphatic carbocycles. The number of nitrogen functional groups attached to an aromatic ring is 1. The molecule has 2 aromatic heterocycles. The molecule has 0 bridgehead atoms. The van der Waals surface area contributed by atoms with Gasteiger partial charge in [-0.05, 0) is 33.6 Å². The number of anilines is 1. The van der Waals surface area contributed by atoms with Crippen molar-refractivity contribution in [2.75, 3.05) is 12.8 Å². The molecule has 3 rings (SSSR count). The van der Waals surface area contributed by atoms with Gasteiger partial charge in [0.2, 0.25) is 0 Å². The molecule has 1 aromatic carbocycles. The minimum Gasteiger partial charge on any atom is -0.497 e. The number of halogens is 1. The van der Waals surface area contributed by atoms with Gasteiger partial charge in [-0.1, -0.05) is 12.1 Å². The van der Waals surface area contributed by atoms with Crippen LogP contribution in [-0.4, -0.2) is 21.6 Å². The highest BCUT2D eigenvalue weighted by Gasteiger charge is 2.19. The van der Waals surface area contributed by atoms with E-state index in [-0.39, 0.29) is 0 Å². The quantitative estimate of drug-likeness (QED) is 0.778. The molecule has 0 spiro atoms. The average Bonchev–Trinajstić information content (AvgIpc) is 2.81. The van der Waals surface area contributed by atoms with Crippen LogP contribution in [0.2, 0.25) is 0 Å². The summed E-state index contributed by atoms with van der Waals surface area (Å²) in [6, 6.07) is 9.87. The number of nitriles is 1. The maximum absolute atomic E-state index is 9.37. The first-order valence-electron chi connectivity index (χ1n) is 6.47. The van der Waals surface area contributed by atoms with E-state index in [2.05, 4.69) is 32.0 Å². The van der Waals surface area contributed by atoms with Crippen molar-refractivity contribution in [1.29, 1.82) is 5.26 Å². The van der Waals surface area contributed by atoms with Crippen molar-refractivity contribution in [3.8, 4) is 11.8 Å². The van der Waals surface area contributed by atoms with Crippen LogP contribution in [-0.2, 0) is 6.54 Å². The summed E-state index contributed by atoms with van der Waals surface area (Å²) < 4.78 is 7.70. The second-order valence-electron chi connectivity index (χ2n) is 4.67. The van der Waals surface area contributed by atoms with E-state index in [0.717, 1.165) is 11.3 Å². The van der Waals surface area contributed by atoms with Crippen molar-refractivity contribution < 1.29 is 4.74 Å². The third-order valence-electron chi connectivity index (χ3n) is 3.42. The molecule has 2 heterocycles. The van der Waals surface area contributed by atoms with E-state index < -0.39 is 0 Å². The van der Waals surface area contributed by atoms with Gasteiger partial charge in [-0.15, -0.1) is 0 Å². The molecule has 0 amide bonds. The van der Waals surface area contributed by atoms with E-state index >= 15 is 0 Å². The van der Waals surface area contributed by atoms with E-state index in [1.165, 1.54) is 6.33 Å². The van der Waals surface area contributed by atoms with Crippen LogP contribution in [0.25, 0.3) is 11.0 Å².